The quantitative estimate of drug-likeness (QED) is 0.171. The zero-order valence-electron chi connectivity index (χ0n) is 45.8. The lowest BCUT2D eigenvalue weighted by atomic mass is 9.69. The van der Waals surface area contributed by atoms with Crippen molar-refractivity contribution >= 4 is 70.4 Å². The van der Waals surface area contributed by atoms with Gasteiger partial charge in [-0.05, 0) is 144 Å². The molecule has 0 saturated carbocycles. The highest BCUT2D eigenvalue weighted by molar-refractivity contribution is 7.26. The van der Waals surface area contributed by atoms with Gasteiger partial charge in [-0.25, -0.2) is 0 Å². The lowest BCUT2D eigenvalue weighted by Crippen LogP contribution is -2.29. The van der Waals surface area contributed by atoms with E-state index in [4.69, 9.17) is 0 Å². The minimum absolute atomic E-state index is 0.00287. The van der Waals surface area contributed by atoms with Crippen LogP contribution < -0.4 is 4.90 Å². The Bertz CT molecular complexity index is 4050. The average Bonchev–Trinajstić information content (AvgIpc) is 3.95. The third-order valence-electron chi connectivity index (χ3n) is 16.7. The first-order valence-electron chi connectivity index (χ1n) is 27.2. The summed E-state index contributed by atoms with van der Waals surface area (Å²) < 4.78 is 5.19. The first kappa shape index (κ1) is 47.5. The van der Waals surface area contributed by atoms with Crippen LogP contribution in [-0.2, 0) is 28.1 Å². The van der Waals surface area contributed by atoms with E-state index in [1.165, 1.54) is 137 Å². The van der Waals surface area contributed by atoms with Crippen molar-refractivity contribution in [3.05, 3.63) is 226 Å². The van der Waals surface area contributed by atoms with Crippen molar-refractivity contribution in [1.82, 2.24) is 4.57 Å². The number of nitrogens with zero attached hydrogens (tertiary/aromatic N) is 2. The molecule has 1 aliphatic carbocycles. The maximum atomic E-state index is 2.75. The van der Waals surface area contributed by atoms with Gasteiger partial charge in [0, 0.05) is 53.7 Å². The Morgan fingerprint density at radius 3 is 1.60 bits per heavy atom. The Morgan fingerprint density at radius 1 is 0.427 bits per heavy atom. The second-order valence-electron chi connectivity index (χ2n) is 25.8. The van der Waals surface area contributed by atoms with E-state index in [-0.39, 0.29) is 27.6 Å². The van der Waals surface area contributed by atoms with E-state index in [1.807, 2.05) is 11.3 Å². The molecule has 1 atom stereocenters. The summed E-state index contributed by atoms with van der Waals surface area (Å²) in [7, 11) is 0. The summed E-state index contributed by atoms with van der Waals surface area (Å²) in [5.41, 5.74) is 24.6. The molecule has 1 unspecified atom stereocenters. The molecule has 0 amide bonds. The molecule has 75 heavy (non-hydrogen) atoms. The lowest BCUT2D eigenvalue weighted by Gasteiger charge is -2.44. The molecule has 0 spiro atoms. The summed E-state index contributed by atoms with van der Waals surface area (Å²) in [4.78, 5) is 2.75. The minimum atomic E-state index is -0.101. The second-order valence-corrected chi connectivity index (χ2v) is 26.9. The fourth-order valence-electron chi connectivity index (χ4n) is 12.5. The van der Waals surface area contributed by atoms with E-state index >= 15 is 0 Å². The molecule has 13 rings (SSSR count). The van der Waals surface area contributed by atoms with Gasteiger partial charge < -0.3 is 9.47 Å². The maximum Gasteiger partial charge on any atom is 0.0625 e. The number of aromatic nitrogens is 1. The minimum Gasteiger partial charge on any atom is -0.309 e. The van der Waals surface area contributed by atoms with Crippen molar-refractivity contribution in [3.63, 3.8) is 0 Å². The summed E-state index contributed by atoms with van der Waals surface area (Å²) in [5.74, 6) is 0.0308. The highest BCUT2D eigenvalue weighted by Gasteiger charge is 2.41. The van der Waals surface area contributed by atoms with E-state index in [0.717, 1.165) is 6.42 Å². The fourth-order valence-corrected chi connectivity index (χ4v) is 13.7. The van der Waals surface area contributed by atoms with Gasteiger partial charge in [0.2, 0.25) is 0 Å². The molecule has 372 valence electrons. The third kappa shape index (κ3) is 7.62. The van der Waals surface area contributed by atoms with Gasteiger partial charge in [0.1, 0.15) is 0 Å². The summed E-state index contributed by atoms with van der Waals surface area (Å²) in [6, 6.07) is 68.7. The number of hydrogen-bond donors (Lipinski definition) is 0. The molecule has 2 aliphatic rings. The molecule has 2 aromatic heterocycles. The molecule has 0 bridgehead atoms. The van der Waals surface area contributed by atoms with Crippen LogP contribution in [0.25, 0.3) is 69.9 Å². The number of anilines is 3. The summed E-state index contributed by atoms with van der Waals surface area (Å²) >= 11 is 1.91. The van der Waals surface area contributed by atoms with Crippen molar-refractivity contribution in [3.8, 4) is 27.9 Å². The van der Waals surface area contributed by atoms with Gasteiger partial charge in [0.15, 0.2) is 0 Å². The topological polar surface area (TPSA) is 8.17 Å². The fraction of sp³-hybridized carbons (Fsp3) is 0.250. The van der Waals surface area contributed by atoms with Crippen molar-refractivity contribution in [1.29, 1.82) is 0 Å². The first-order valence-corrected chi connectivity index (χ1v) is 28.0. The van der Waals surface area contributed by atoms with Crippen LogP contribution in [0.1, 0.15) is 139 Å². The Balaban J connectivity index is 1.22. The van der Waals surface area contributed by atoms with E-state index in [0.29, 0.717) is 0 Å². The Labute approximate surface area is 448 Å². The van der Waals surface area contributed by atoms with Crippen molar-refractivity contribution in [2.75, 3.05) is 4.90 Å². The van der Waals surface area contributed by atoms with Gasteiger partial charge >= 0.3 is 0 Å². The molecular weight excluding hydrogens is 925 g/mol. The lowest BCUT2D eigenvalue weighted by molar-refractivity contribution is 0.587. The molecule has 0 saturated heterocycles. The van der Waals surface area contributed by atoms with Crippen LogP contribution in [0.2, 0.25) is 0 Å². The standard InChI is InChI=1S/C72H68N2S/c1-69(2,3)47-28-27-45-35-46-36-51(73-58-33-30-48(70(4,5)6)38-56(58)57-39-49(71(7,8)9)31-34-59(57)73)41-61-64(46)66(54(45)37-47)52-32-29-50(72(10,11)12)40-60(52)74(61)68-55(43-21-15-13-16-22-43)42-63-67(53-25-19-20-26-62(53)75-63)65(68)44-23-17-14-18-24-44/h13-34,36-42,66H,35H2,1-12H3. The summed E-state index contributed by atoms with van der Waals surface area (Å²) in [6.45, 7) is 28.2. The van der Waals surface area contributed by atoms with E-state index in [2.05, 4.69) is 268 Å². The van der Waals surface area contributed by atoms with E-state index in [1.54, 1.807) is 0 Å². The largest absolute Gasteiger partial charge is 0.309 e. The molecular formula is C72H68N2S. The van der Waals surface area contributed by atoms with Crippen LogP contribution in [0.4, 0.5) is 17.1 Å². The summed E-state index contributed by atoms with van der Waals surface area (Å²) in [6.07, 6.45) is 0.848. The second kappa shape index (κ2) is 16.6. The number of thiophene rings is 1. The molecule has 0 fully saturated rings. The van der Waals surface area contributed by atoms with Crippen LogP contribution in [0.3, 0.4) is 0 Å². The SMILES string of the molecule is CC(C)(C)c1ccc2c(c1)C1c3ccc(C(C)(C)C)cc3N(c3c(-c4ccccc4)cc4sc5ccccc5c4c3-c3ccccc3)c3cc(-n4c5ccc(C(C)(C)C)cc5c5cc(C(C)(C)C)ccc54)cc(c31)C2. The monoisotopic (exact) mass is 993 g/mol. The normalized spacial score (nSPS) is 14.7. The van der Waals surface area contributed by atoms with Gasteiger partial charge in [-0.15, -0.1) is 11.3 Å². The van der Waals surface area contributed by atoms with Crippen LogP contribution in [0, 0.1) is 0 Å². The van der Waals surface area contributed by atoms with Gasteiger partial charge in [0.05, 0.1) is 28.1 Å². The van der Waals surface area contributed by atoms with Gasteiger partial charge in [-0.2, -0.15) is 0 Å². The number of hydrogen-bond acceptors (Lipinski definition) is 2. The third-order valence-corrected chi connectivity index (χ3v) is 17.8. The van der Waals surface area contributed by atoms with Crippen LogP contribution in [0.15, 0.2) is 176 Å². The number of benzene rings is 9. The van der Waals surface area contributed by atoms with Crippen molar-refractivity contribution < 1.29 is 0 Å². The molecule has 11 aromatic rings. The Hall–Kier alpha value is -7.20. The smallest absolute Gasteiger partial charge is 0.0625 e. The molecule has 3 heterocycles. The van der Waals surface area contributed by atoms with Crippen molar-refractivity contribution in [2.24, 2.45) is 0 Å². The van der Waals surface area contributed by atoms with E-state index < -0.39 is 0 Å². The van der Waals surface area contributed by atoms with Gasteiger partial charge in [0.25, 0.3) is 0 Å². The van der Waals surface area contributed by atoms with Crippen LogP contribution in [-0.4, -0.2) is 4.57 Å². The molecule has 0 radical (unpaired) electrons. The summed E-state index contributed by atoms with van der Waals surface area (Å²) in [5, 5.41) is 5.21. The van der Waals surface area contributed by atoms with E-state index in [9.17, 15) is 0 Å². The number of rotatable bonds is 4. The van der Waals surface area contributed by atoms with Gasteiger partial charge in [-0.3, -0.25) is 0 Å². The average molecular weight is 993 g/mol. The van der Waals surface area contributed by atoms with Crippen LogP contribution >= 0.6 is 11.3 Å². The first-order chi connectivity index (χ1) is 35.7. The molecule has 1 aliphatic heterocycles. The predicted molar refractivity (Wildman–Crippen MR) is 324 cm³/mol. The number of fused-ring (bicyclic) bond motifs is 10. The van der Waals surface area contributed by atoms with Gasteiger partial charge in [-0.1, -0.05) is 204 Å². The Morgan fingerprint density at radius 2 is 0.973 bits per heavy atom. The van der Waals surface area contributed by atoms with Crippen molar-refractivity contribution in [2.45, 2.75) is 117 Å². The zero-order valence-corrected chi connectivity index (χ0v) is 46.6. The maximum absolute atomic E-state index is 2.75. The molecule has 9 aromatic carbocycles. The predicted octanol–water partition coefficient (Wildman–Crippen LogP) is 20.5. The molecule has 3 heteroatoms. The molecule has 0 N–H and O–H groups in total. The highest BCUT2D eigenvalue weighted by atomic mass is 32.1. The zero-order chi connectivity index (χ0) is 52.1. The Kier molecular flexibility index (Phi) is 10.5. The highest BCUT2D eigenvalue weighted by Crippen LogP contribution is 2.61. The molecule has 2 nitrogen and oxygen atoms in total. The van der Waals surface area contributed by atoms with Crippen LogP contribution in [0.5, 0.6) is 0 Å².